The van der Waals surface area contributed by atoms with Crippen LogP contribution in [0.5, 0.6) is 0 Å². The van der Waals surface area contributed by atoms with Gasteiger partial charge in [-0.1, -0.05) is 67.4 Å². The molecule has 2 aromatic rings. The van der Waals surface area contributed by atoms with Crippen LogP contribution in [0.3, 0.4) is 0 Å². The molecule has 0 bridgehead atoms. The number of hydrogen-bond acceptors (Lipinski definition) is 2. The van der Waals surface area contributed by atoms with Crippen LogP contribution in [0.25, 0.3) is 0 Å². The van der Waals surface area contributed by atoms with Crippen molar-refractivity contribution in [3.63, 3.8) is 0 Å². The Labute approximate surface area is 164 Å². The predicted molar refractivity (Wildman–Crippen MR) is 113 cm³/mol. The summed E-state index contributed by atoms with van der Waals surface area (Å²) < 4.78 is 9.54. The maximum Gasteiger partial charge on any atom is 0.128 e. The Morgan fingerprint density at radius 2 is 1.67 bits per heavy atom. The molecule has 0 amide bonds. The molecule has 3 aliphatic rings. The maximum atomic E-state index is 9.54. The van der Waals surface area contributed by atoms with Crippen molar-refractivity contribution in [1.29, 1.82) is 0 Å². The van der Waals surface area contributed by atoms with Gasteiger partial charge in [-0.15, -0.1) is 0 Å². The third-order valence-electron chi connectivity index (χ3n) is 6.86. The molecule has 0 radical (unpaired) electrons. The SMILES string of the molecule is [2H]C1(C2CCCC2)C=CN2C(c3ccccc3)N(c3ccccc3C)[C@@H](C)C21. The lowest BCUT2D eigenvalue weighted by Gasteiger charge is -2.34. The second-order valence-electron chi connectivity index (χ2n) is 8.41. The number of para-hydroxylation sites is 1. The van der Waals surface area contributed by atoms with E-state index in [0.717, 1.165) is 0 Å². The molecule has 1 saturated carbocycles. The van der Waals surface area contributed by atoms with E-state index in [4.69, 9.17) is 0 Å². The molecule has 2 nitrogen and oxygen atoms in total. The quantitative estimate of drug-likeness (QED) is 0.672. The van der Waals surface area contributed by atoms with Gasteiger partial charge in [0, 0.05) is 19.0 Å². The first-order valence-electron chi connectivity index (χ1n) is 11.0. The molecule has 2 fully saturated rings. The molecule has 0 N–H and O–H groups in total. The lowest BCUT2D eigenvalue weighted by Crippen LogP contribution is -2.39. The Balaban J connectivity index is 1.62. The van der Waals surface area contributed by atoms with Crippen molar-refractivity contribution in [2.24, 2.45) is 11.8 Å². The number of nitrogens with zero attached hydrogens (tertiary/aromatic N) is 2. The summed E-state index contributed by atoms with van der Waals surface area (Å²) >= 11 is 0. The van der Waals surface area contributed by atoms with Gasteiger partial charge in [0.15, 0.2) is 0 Å². The van der Waals surface area contributed by atoms with E-state index >= 15 is 0 Å². The minimum absolute atomic E-state index is 0.146. The van der Waals surface area contributed by atoms with Crippen LogP contribution in [-0.4, -0.2) is 17.0 Å². The van der Waals surface area contributed by atoms with Crippen LogP contribution in [0, 0.1) is 18.7 Å². The van der Waals surface area contributed by atoms with E-state index in [2.05, 4.69) is 90.5 Å². The maximum absolute atomic E-state index is 9.54. The Hall–Kier alpha value is -2.22. The van der Waals surface area contributed by atoms with Crippen LogP contribution in [0.2, 0.25) is 0 Å². The molecule has 0 aromatic heterocycles. The van der Waals surface area contributed by atoms with Crippen molar-refractivity contribution in [3.8, 4) is 0 Å². The van der Waals surface area contributed by atoms with Crippen LogP contribution in [0.1, 0.15) is 51.3 Å². The van der Waals surface area contributed by atoms with Crippen LogP contribution >= 0.6 is 0 Å². The lowest BCUT2D eigenvalue weighted by atomic mass is 9.83. The number of benzene rings is 2. The third-order valence-corrected chi connectivity index (χ3v) is 6.86. The molecule has 27 heavy (non-hydrogen) atoms. The first-order valence-corrected chi connectivity index (χ1v) is 10.5. The van der Waals surface area contributed by atoms with Crippen molar-refractivity contribution in [2.45, 2.75) is 57.8 Å². The van der Waals surface area contributed by atoms with E-state index in [0.29, 0.717) is 5.92 Å². The first kappa shape index (κ1) is 15.8. The molecule has 2 aliphatic heterocycles. The first-order chi connectivity index (χ1) is 13.6. The molecule has 2 aromatic carbocycles. The summed E-state index contributed by atoms with van der Waals surface area (Å²) in [6.45, 7) is 4.53. The van der Waals surface area contributed by atoms with Gasteiger partial charge in [-0.2, -0.15) is 0 Å². The zero-order valence-corrected chi connectivity index (χ0v) is 16.4. The summed E-state index contributed by atoms with van der Waals surface area (Å²) in [4.78, 5) is 5.05. The molecule has 5 rings (SSSR count). The second kappa shape index (κ2) is 6.74. The molecular weight excluding hydrogens is 328 g/mol. The van der Waals surface area contributed by atoms with E-state index < -0.39 is 5.89 Å². The zero-order valence-electron chi connectivity index (χ0n) is 17.4. The van der Waals surface area contributed by atoms with Crippen LogP contribution in [0.4, 0.5) is 5.69 Å². The average molecular weight is 360 g/mol. The molecule has 0 spiro atoms. The molecule has 140 valence electrons. The highest BCUT2D eigenvalue weighted by Gasteiger charge is 2.51. The van der Waals surface area contributed by atoms with E-state index in [-0.39, 0.29) is 18.2 Å². The van der Waals surface area contributed by atoms with Crippen LogP contribution in [0.15, 0.2) is 66.9 Å². The second-order valence-corrected chi connectivity index (χ2v) is 8.41. The van der Waals surface area contributed by atoms with Gasteiger partial charge in [-0.25, -0.2) is 0 Å². The van der Waals surface area contributed by atoms with Gasteiger partial charge >= 0.3 is 0 Å². The largest absolute Gasteiger partial charge is 0.348 e. The van der Waals surface area contributed by atoms with Crippen molar-refractivity contribution in [3.05, 3.63) is 78.0 Å². The predicted octanol–water partition coefficient (Wildman–Crippen LogP) is 5.91. The summed E-state index contributed by atoms with van der Waals surface area (Å²) in [5.74, 6) is -0.00477. The smallest absolute Gasteiger partial charge is 0.128 e. The minimum atomic E-state index is -0.486. The highest BCUT2D eigenvalue weighted by Crippen LogP contribution is 2.50. The molecule has 4 atom stereocenters. The fourth-order valence-corrected chi connectivity index (χ4v) is 5.61. The van der Waals surface area contributed by atoms with Gasteiger partial charge in [0.25, 0.3) is 0 Å². The fraction of sp³-hybridized carbons (Fsp3) is 0.440. The van der Waals surface area contributed by atoms with E-state index in [1.807, 2.05) is 0 Å². The molecule has 2 heterocycles. The minimum Gasteiger partial charge on any atom is -0.348 e. The standard InChI is InChI=1S/C25H30N2/c1-18-10-6-9-15-23(18)27-19(2)24-22(20-11-7-8-12-20)16-17-26(24)25(27)21-13-4-3-5-14-21/h3-6,9-10,13-17,19-20,22,24-25H,7-8,11-12H2,1-2H3/t19-,22?,24?,25?/m0/s1/i22D. The zero-order chi connectivity index (χ0) is 19.3. The van der Waals surface area contributed by atoms with Crippen LogP contribution in [-0.2, 0) is 0 Å². The van der Waals surface area contributed by atoms with Gasteiger partial charge in [-0.05, 0) is 56.0 Å². The molecular formula is C25H30N2. The molecule has 1 aliphatic carbocycles. The Bertz CT molecular complexity index is 873. The average Bonchev–Trinajstić information content (AvgIpc) is 3.42. The van der Waals surface area contributed by atoms with Gasteiger partial charge in [0.1, 0.15) is 6.17 Å². The van der Waals surface area contributed by atoms with Crippen molar-refractivity contribution in [2.75, 3.05) is 4.90 Å². The summed E-state index contributed by atoms with van der Waals surface area (Å²) in [6, 6.07) is 20.0. The molecule has 1 saturated heterocycles. The number of rotatable bonds is 3. The summed E-state index contributed by atoms with van der Waals surface area (Å²) in [5.41, 5.74) is 3.90. The normalized spacial score (nSPS) is 33.6. The van der Waals surface area contributed by atoms with E-state index in [1.165, 1.54) is 42.5 Å². The number of aryl methyl sites for hydroxylation is 1. The lowest BCUT2D eigenvalue weighted by molar-refractivity contribution is 0.217. The molecule has 2 heteroatoms. The fourth-order valence-electron chi connectivity index (χ4n) is 5.61. The van der Waals surface area contributed by atoms with E-state index in [1.54, 1.807) is 0 Å². The Morgan fingerprint density at radius 1 is 0.963 bits per heavy atom. The highest BCUT2D eigenvalue weighted by atomic mass is 15.5. The summed E-state index contributed by atoms with van der Waals surface area (Å²) in [7, 11) is 0. The Morgan fingerprint density at radius 3 is 2.41 bits per heavy atom. The topological polar surface area (TPSA) is 6.48 Å². The van der Waals surface area contributed by atoms with E-state index in [9.17, 15) is 1.37 Å². The van der Waals surface area contributed by atoms with Crippen LogP contribution < -0.4 is 4.90 Å². The third kappa shape index (κ3) is 2.69. The van der Waals surface area contributed by atoms with Gasteiger partial charge in [0.05, 0.1) is 6.04 Å². The number of fused-ring (bicyclic) bond motifs is 1. The summed E-state index contributed by atoms with van der Waals surface area (Å²) in [6.07, 6.45) is 9.56. The van der Waals surface area contributed by atoms with Crippen molar-refractivity contribution in [1.82, 2.24) is 4.90 Å². The number of hydrogen-bond donors (Lipinski definition) is 0. The Kier molecular flexibility index (Phi) is 3.95. The van der Waals surface area contributed by atoms with Crippen molar-refractivity contribution < 1.29 is 1.37 Å². The van der Waals surface area contributed by atoms with Gasteiger partial charge < -0.3 is 9.80 Å². The molecule has 3 unspecified atom stereocenters. The van der Waals surface area contributed by atoms with Gasteiger partial charge in [-0.3, -0.25) is 0 Å². The highest BCUT2D eigenvalue weighted by molar-refractivity contribution is 5.58. The van der Waals surface area contributed by atoms with Crippen molar-refractivity contribution >= 4 is 5.69 Å². The monoisotopic (exact) mass is 359 g/mol. The van der Waals surface area contributed by atoms with Gasteiger partial charge in [0.2, 0.25) is 0 Å². The number of anilines is 1. The summed E-state index contributed by atoms with van der Waals surface area (Å²) in [5, 5.41) is 0.